The molecule has 3 heteroatoms. The van der Waals surface area contributed by atoms with Gasteiger partial charge >= 0.3 is 0 Å². The molecule has 2 aliphatic carbocycles. The topological polar surface area (TPSA) is 15.0 Å². The van der Waals surface area contributed by atoms with Crippen LogP contribution in [0.4, 0.5) is 5.69 Å². The summed E-state index contributed by atoms with van der Waals surface area (Å²) in [5, 5.41) is 4.46. The fourth-order valence-corrected chi connectivity index (χ4v) is 6.81. The van der Waals surface area contributed by atoms with E-state index in [4.69, 9.17) is 11.6 Å². The van der Waals surface area contributed by atoms with Gasteiger partial charge in [0.1, 0.15) is 7.05 Å². The van der Waals surface area contributed by atoms with Gasteiger partial charge in [-0.3, -0.25) is 0 Å². The lowest BCUT2D eigenvalue weighted by atomic mass is 9.81. The van der Waals surface area contributed by atoms with E-state index in [-0.39, 0.29) is 16.9 Å². The van der Waals surface area contributed by atoms with E-state index in [1.807, 2.05) is 0 Å². The van der Waals surface area contributed by atoms with Crippen molar-refractivity contribution in [3.8, 4) is 0 Å². The number of para-hydroxylation sites is 1. The molecule has 0 bridgehead atoms. The van der Waals surface area contributed by atoms with Gasteiger partial charge in [0.2, 0.25) is 5.69 Å². The number of likely N-dealkylation sites (N-methyl/N-ethyl adjacent to an activating group) is 1. The first kappa shape index (κ1) is 25.0. The first-order valence-corrected chi connectivity index (χ1v) is 13.5. The molecular formula is C33H38ClN2+. The maximum atomic E-state index is 7.04. The molecule has 1 heterocycles. The molecule has 2 aromatic rings. The predicted molar refractivity (Wildman–Crippen MR) is 154 cm³/mol. The summed E-state index contributed by atoms with van der Waals surface area (Å²) in [6.45, 7) is 9.27. The molecule has 1 N–H and O–H groups in total. The minimum atomic E-state index is -0.0299. The van der Waals surface area contributed by atoms with Crippen molar-refractivity contribution in [1.29, 1.82) is 0 Å². The third kappa shape index (κ3) is 3.96. The van der Waals surface area contributed by atoms with Crippen molar-refractivity contribution >= 4 is 23.0 Å². The summed E-state index contributed by atoms with van der Waals surface area (Å²) in [4.78, 5) is 0. The van der Waals surface area contributed by atoms with Crippen LogP contribution in [0.2, 0.25) is 0 Å². The summed E-state index contributed by atoms with van der Waals surface area (Å²) in [6, 6.07) is 17.7. The fraction of sp³-hybridized carbons (Fsp3) is 0.364. The zero-order valence-corrected chi connectivity index (χ0v) is 23.2. The quantitative estimate of drug-likeness (QED) is 0.422. The Morgan fingerprint density at radius 2 is 1.58 bits per heavy atom. The van der Waals surface area contributed by atoms with Gasteiger partial charge in [-0.15, -0.1) is 0 Å². The molecule has 0 saturated carbocycles. The lowest BCUT2D eigenvalue weighted by Gasteiger charge is -2.24. The highest BCUT2D eigenvalue weighted by atomic mass is 35.5. The van der Waals surface area contributed by atoms with Crippen LogP contribution in [0.5, 0.6) is 0 Å². The summed E-state index contributed by atoms with van der Waals surface area (Å²) in [5.41, 5.74) is 10.6. The Bertz CT molecular complexity index is 1360. The molecule has 186 valence electrons. The van der Waals surface area contributed by atoms with Crippen LogP contribution < -0.4 is 5.32 Å². The zero-order valence-electron chi connectivity index (χ0n) is 22.5. The predicted octanol–water partition coefficient (Wildman–Crippen LogP) is 8.03. The van der Waals surface area contributed by atoms with Crippen molar-refractivity contribution in [3.63, 3.8) is 0 Å². The second-order valence-corrected chi connectivity index (χ2v) is 11.7. The molecule has 3 aliphatic rings. The lowest BCUT2D eigenvalue weighted by molar-refractivity contribution is -0.401. The number of hydrogen-bond acceptors (Lipinski definition) is 1. The smallest absolute Gasteiger partial charge is 0.209 e. The minimum absolute atomic E-state index is 0.0147. The largest absolute Gasteiger partial charge is 0.310 e. The second-order valence-electron chi connectivity index (χ2n) is 11.4. The van der Waals surface area contributed by atoms with Crippen molar-refractivity contribution in [2.45, 2.75) is 63.8 Å². The molecule has 0 fully saturated rings. The average Bonchev–Trinajstić information content (AvgIpc) is 3.21. The van der Waals surface area contributed by atoms with Gasteiger partial charge in [0.25, 0.3) is 0 Å². The molecular weight excluding hydrogens is 460 g/mol. The first-order chi connectivity index (χ1) is 17.2. The Balaban J connectivity index is 1.47. The molecule has 0 spiro atoms. The molecule has 0 saturated heterocycles. The van der Waals surface area contributed by atoms with Gasteiger partial charge in [0.15, 0.2) is 5.71 Å². The SMILES string of the molecule is CNC1C(=CC=C2CCCC(C=CC3=[N+](C)c4ccccc4C3(C)C)=C2Cl)C(C)(C)c2ccccc21. The number of hydrogen-bond donors (Lipinski definition) is 1. The van der Waals surface area contributed by atoms with E-state index < -0.39 is 0 Å². The van der Waals surface area contributed by atoms with Crippen LogP contribution in [-0.4, -0.2) is 24.4 Å². The van der Waals surface area contributed by atoms with Crippen LogP contribution in [0.3, 0.4) is 0 Å². The van der Waals surface area contributed by atoms with Crippen LogP contribution in [0.25, 0.3) is 0 Å². The van der Waals surface area contributed by atoms with Crippen molar-refractivity contribution in [3.05, 3.63) is 111 Å². The highest BCUT2D eigenvalue weighted by molar-refractivity contribution is 6.32. The second kappa shape index (κ2) is 9.32. The summed E-state index contributed by atoms with van der Waals surface area (Å²) < 4.78 is 2.32. The maximum absolute atomic E-state index is 7.04. The molecule has 0 aromatic heterocycles. The molecule has 0 amide bonds. The van der Waals surface area contributed by atoms with E-state index >= 15 is 0 Å². The van der Waals surface area contributed by atoms with E-state index in [0.29, 0.717) is 0 Å². The zero-order chi connectivity index (χ0) is 25.7. The Kier molecular flexibility index (Phi) is 6.47. The van der Waals surface area contributed by atoms with E-state index in [1.54, 1.807) is 0 Å². The third-order valence-corrected chi connectivity index (χ3v) is 9.05. The van der Waals surface area contributed by atoms with Crippen LogP contribution in [0, 0.1) is 0 Å². The van der Waals surface area contributed by atoms with Gasteiger partial charge in [0, 0.05) is 28.2 Å². The number of nitrogens with zero attached hydrogens (tertiary/aromatic N) is 1. The van der Waals surface area contributed by atoms with Crippen LogP contribution in [-0.2, 0) is 10.8 Å². The van der Waals surface area contributed by atoms with Gasteiger partial charge in [-0.05, 0) is 68.0 Å². The number of rotatable bonds is 4. The highest BCUT2D eigenvalue weighted by Crippen LogP contribution is 2.49. The Hall–Kier alpha value is -2.68. The number of nitrogens with one attached hydrogen (secondary N) is 1. The molecule has 5 rings (SSSR count). The molecule has 2 aromatic carbocycles. The maximum Gasteiger partial charge on any atom is 0.209 e. The highest BCUT2D eigenvalue weighted by Gasteiger charge is 2.43. The van der Waals surface area contributed by atoms with Crippen molar-refractivity contribution in [2.75, 3.05) is 14.1 Å². The molecule has 0 radical (unpaired) electrons. The monoisotopic (exact) mass is 497 g/mol. The van der Waals surface area contributed by atoms with Gasteiger partial charge in [-0.1, -0.05) is 86.1 Å². The molecule has 2 nitrogen and oxygen atoms in total. The van der Waals surface area contributed by atoms with E-state index in [0.717, 1.165) is 24.3 Å². The summed E-state index contributed by atoms with van der Waals surface area (Å²) in [5.74, 6) is 0. The Morgan fingerprint density at radius 3 is 2.31 bits per heavy atom. The average molecular weight is 498 g/mol. The number of halogens is 1. The fourth-order valence-electron chi connectivity index (χ4n) is 6.50. The van der Waals surface area contributed by atoms with Crippen LogP contribution >= 0.6 is 11.6 Å². The minimum Gasteiger partial charge on any atom is -0.310 e. The van der Waals surface area contributed by atoms with Crippen LogP contribution in [0.15, 0.2) is 94.6 Å². The summed E-state index contributed by atoms with van der Waals surface area (Å²) in [7, 11) is 4.22. The number of benzene rings is 2. The summed E-state index contributed by atoms with van der Waals surface area (Å²) >= 11 is 7.04. The van der Waals surface area contributed by atoms with E-state index in [9.17, 15) is 0 Å². The molecule has 36 heavy (non-hydrogen) atoms. The first-order valence-electron chi connectivity index (χ1n) is 13.1. The van der Waals surface area contributed by atoms with Crippen molar-refractivity contribution in [1.82, 2.24) is 5.32 Å². The molecule has 1 aliphatic heterocycles. The van der Waals surface area contributed by atoms with Gasteiger partial charge in [-0.25, -0.2) is 0 Å². The third-order valence-electron chi connectivity index (χ3n) is 8.57. The van der Waals surface area contributed by atoms with E-state index in [2.05, 4.69) is 125 Å². The van der Waals surface area contributed by atoms with Gasteiger partial charge in [0.05, 0.1) is 11.5 Å². The lowest BCUT2D eigenvalue weighted by Crippen LogP contribution is -2.26. The summed E-state index contributed by atoms with van der Waals surface area (Å²) in [6.07, 6.45) is 12.3. The Morgan fingerprint density at radius 1 is 0.889 bits per heavy atom. The normalized spacial score (nSPS) is 24.8. The van der Waals surface area contributed by atoms with Gasteiger partial charge in [-0.2, -0.15) is 4.58 Å². The van der Waals surface area contributed by atoms with Gasteiger partial charge < -0.3 is 5.32 Å². The molecule has 1 atom stereocenters. The molecule has 1 unspecified atom stereocenters. The van der Waals surface area contributed by atoms with Crippen molar-refractivity contribution in [2.24, 2.45) is 0 Å². The Labute approximate surface area is 221 Å². The van der Waals surface area contributed by atoms with E-state index in [1.165, 1.54) is 44.8 Å². The number of fused-ring (bicyclic) bond motifs is 2. The standard InChI is InChI=1S/C33H38ClN2/c1-32(2)25-15-8-7-14-24(25)31(35-5)27(32)20-18-22-12-11-13-23(30(22)34)19-21-29-33(3,4)26-16-9-10-17-28(26)36(29)6/h7-10,14-21,31,35H,11-13H2,1-6H3/q+1. The van der Waals surface area contributed by atoms with Crippen molar-refractivity contribution < 1.29 is 4.58 Å². The number of allylic oxidation sites excluding steroid dienone is 7. The van der Waals surface area contributed by atoms with Crippen LogP contribution in [0.1, 0.15) is 69.7 Å².